The summed E-state index contributed by atoms with van der Waals surface area (Å²) in [4.78, 5) is 6.71. The molecule has 3 N–H and O–H groups in total. The molecule has 1 aliphatic rings. The third kappa shape index (κ3) is 3.89. The number of hydrogen-bond acceptors (Lipinski definition) is 7. The summed E-state index contributed by atoms with van der Waals surface area (Å²) < 4.78 is 30.0. The monoisotopic (exact) mass is 467 g/mol. The van der Waals surface area contributed by atoms with Gasteiger partial charge in [-0.25, -0.2) is 13.8 Å². The van der Waals surface area contributed by atoms with Gasteiger partial charge < -0.3 is 11.1 Å². The first kappa shape index (κ1) is 21.6. The van der Waals surface area contributed by atoms with Crippen LogP contribution in [-0.2, 0) is 0 Å². The summed E-state index contributed by atoms with van der Waals surface area (Å²) >= 11 is 1.71. The molecular weight excluding hydrogens is 444 g/mol. The van der Waals surface area contributed by atoms with E-state index >= 15 is 0 Å². The number of nitrogens with two attached hydrogens (primary N) is 1. The second kappa shape index (κ2) is 8.60. The van der Waals surface area contributed by atoms with E-state index in [1.165, 1.54) is 29.5 Å². The zero-order valence-electron chi connectivity index (χ0n) is 18.3. The molecule has 1 aromatic carbocycles. The molecule has 0 bridgehead atoms. The molecule has 1 aliphatic heterocycles. The lowest BCUT2D eigenvalue weighted by molar-refractivity contribution is 0.460. The van der Waals surface area contributed by atoms with Crippen LogP contribution < -0.4 is 11.1 Å². The highest BCUT2D eigenvalue weighted by molar-refractivity contribution is 7.15. The Morgan fingerprint density at radius 3 is 2.70 bits per heavy atom. The van der Waals surface area contributed by atoms with E-state index in [1.807, 2.05) is 6.07 Å². The van der Waals surface area contributed by atoms with E-state index in [-0.39, 0.29) is 22.9 Å². The number of hydrogen-bond donors (Lipinski definition) is 2. The Labute approximate surface area is 193 Å². The molecule has 4 aromatic rings. The van der Waals surface area contributed by atoms with Crippen LogP contribution in [0.3, 0.4) is 0 Å². The van der Waals surface area contributed by atoms with E-state index in [4.69, 9.17) is 5.73 Å². The van der Waals surface area contributed by atoms with Gasteiger partial charge in [0.1, 0.15) is 11.5 Å². The quantitative estimate of drug-likeness (QED) is 0.462. The zero-order chi connectivity index (χ0) is 23.1. The number of aryl methyl sites for hydroxylation is 2. The fraction of sp³-hybridized carbons (Fsp3) is 0.304. The van der Waals surface area contributed by atoms with Crippen LogP contribution in [0.15, 0.2) is 30.5 Å². The third-order valence-electron chi connectivity index (χ3n) is 6.13. The lowest BCUT2D eigenvalue weighted by Gasteiger charge is -2.22. The van der Waals surface area contributed by atoms with Crippen LogP contribution in [0, 0.1) is 25.5 Å². The smallest absolute Gasteiger partial charge is 0.190 e. The van der Waals surface area contributed by atoms with Gasteiger partial charge in [-0.2, -0.15) is 4.68 Å². The van der Waals surface area contributed by atoms with Crippen LogP contribution >= 0.6 is 11.3 Å². The summed E-state index contributed by atoms with van der Waals surface area (Å²) in [5.74, 6) is -1.02. The maximum Gasteiger partial charge on any atom is 0.190 e. The molecule has 5 rings (SSSR count). The van der Waals surface area contributed by atoms with Crippen molar-refractivity contribution in [2.75, 3.05) is 18.8 Å². The second-order valence-corrected chi connectivity index (χ2v) is 9.50. The zero-order valence-corrected chi connectivity index (χ0v) is 19.1. The van der Waals surface area contributed by atoms with E-state index in [2.05, 4.69) is 38.8 Å². The van der Waals surface area contributed by atoms with Gasteiger partial charge in [-0.05, 0) is 85.4 Å². The SMILES string of the molecule is Cc1ccc(-n2nnnc2-c2cc(-c3cc(C4CCNCC4)c(C)s3)cnc2N)c(F)c1F. The van der Waals surface area contributed by atoms with Crippen molar-refractivity contribution in [1.82, 2.24) is 30.5 Å². The van der Waals surface area contributed by atoms with Crippen molar-refractivity contribution in [3.63, 3.8) is 0 Å². The fourth-order valence-corrected chi connectivity index (χ4v) is 5.37. The molecule has 33 heavy (non-hydrogen) atoms. The van der Waals surface area contributed by atoms with Crippen LogP contribution in [0.4, 0.5) is 14.6 Å². The lowest BCUT2D eigenvalue weighted by atomic mass is 9.90. The Bertz CT molecular complexity index is 1320. The molecule has 170 valence electrons. The number of aromatic nitrogens is 5. The molecule has 0 saturated carbocycles. The number of anilines is 1. The van der Waals surface area contributed by atoms with Crippen LogP contribution in [0.25, 0.3) is 27.5 Å². The minimum Gasteiger partial charge on any atom is -0.383 e. The van der Waals surface area contributed by atoms with E-state index in [1.54, 1.807) is 17.5 Å². The molecule has 0 radical (unpaired) electrons. The predicted molar refractivity (Wildman–Crippen MR) is 124 cm³/mol. The van der Waals surface area contributed by atoms with Crippen molar-refractivity contribution in [3.8, 4) is 27.5 Å². The van der Waals surface area contributed by atoms with Gasteiger partial charge in [0.2, 0.25) is 0 Å². The van der Waals surface area contributed by atoms with Crippen LogP contribution in [0.5, 0.6) is 0 Å². The molecule has 7 nitrogen and oxygen atoms in total. The van der Waals surface area contributed by atoms with Crippen molar-refractivity contribution in [3.05, 3.63) is 58.1 Å². The van der Waals surface area contributed by atoms with E-state index < -0.39 is 11.6 Å². The molecule has 0 aliphatic carbocycles. The van der Waals surface area contributed by atoms with E-state index in [0.717, 1.165) is 41.1 Å². The normalized spacial score (nSPS) is 14.7. The maximum absolute atomic E-state index is 14.6. The lowest BCUT2D eigenvalue weighted by Crippen LogP contribution is -2.26. The summed E-state index contributed by atoms with van der Waals surface area (Å²) in [6, 6.07) is 7.00. The van der Waals surface area contributed by atoms with Crippen molar-refractivity contribution in [1.29, 1.82) is 0 Å². The predicted octanol–water partition coefficient (Wildman–Crippen LogP) is 4.40. The number of halogens is 2. The standard InChI is InChI=1S/C23H23F2N7S/c1-12-3-4-18(21(25)20(12)24)32-23(29-30-31-32)17-9-15(11-28-22(17)26)19-10-16(13(2)33-19)14-5-7-27-8-6-14/h3-4,9-11,14,27H,5-8H2,1-2H3,(H2,26,28). The van der Waals surface area contributed by atoms with Gasteiger partial charge in [0.05, 0.1) is 5.56 Å². The van der Waals surface area contributed by atoms with Crippen molar-refractivity contribution < 1.29 is 8.78 Å². The molecule has 0 atom stereocenters. The molecule has 1 fully saturated rings. The van der Waals surface area contributed by atoms with Gasteiger partial charge in [-0.1, -0.05) is 6.07 Å². The Hall–Kier alpha value is -3.24. The van der Waals surface area contributed by atoms with Gasteiger partial charge in [0, 0.05) is 21.5 Å². The molecular formula is C23H23F2N7S. The van der Waals surface area contributed by atoms with Gasteiger partial charge >= 0.3 is 0 Å². The number of tetrazole rings is 1. The molecule has 0 spiro atoms. The van der Waals surface area contributed by atoms with Crippen molar-refractivity contribution >= 4 is 17.2 Å². The summed E-state index contributed by atoms with van der Waals surface area (Å²) in [5, 5.41) is 15.0. The van der Waals surface area contributed by atoms with Gasteiger partial charge in [0.15, 0.2) is 17.5 Å². The topological polar surface area (TPSA) is 94.5 Å². The molecule has 4 heterocycles. The van der Waals surface area contributed by atoms with Gasteiger partial charge in [-0.15, -0.1) is 16.4 Å². The summed E-state index contributed by atoms with van der Waals surface area (Å²) in [7, 11) is 0. The van der Waals surface area contributed by atoms with Crippen molar-refractivity contribution in [2.45, 2.75) is 32.6 Å². The Morgan fingerprint density at radius 2 is 1.91 bits per heavy atom. The molecule has 1 saturated heterocycles. The minimum absolute atomic E-state index is 0.0944. The minimum atomic E-state index is -1.02. The highest BCUT2D eigenvalue weighted by Gasteiger charge is 2.22. The molecule has 3 aromatic heterocycles. The van der Waals surface area contributed by atoms with Crippen molar-refractivity contribution in [2.24, 2.45) is 0 Å². The molecule has 0 amide bonds. The largest absolute Gasteiger partial charge is 0.383 e. The fourth-order valence-electron chi connectivity index (χ4n) is 4.28. The van der Waals surface area contributed by atoms with Crippen LogP contribution in [-0.4, -0.2) is 38.3 Å². The highest BCUT2D eigenvalue weighted by atomic mass is 32.1. The first-order chi connectivity index (χ1) is 15.9. The van der Waals surface area contributed by atoms with Crippen LogP contribution in [0.2, 0.25) is 0 Å². The van der Waals surface area contributed by atoms with Gasteiger partial charge in [0.25, 0.3) is 0 Å². The van der Waals surface area contributed by atoms with Crippen LogP contribution in [0.1, 0.15) is 34.8 Å². The highest BCUT2D eigenvalue weighted by Crippen LogP contribution is 2.39. The first-order valence-electron chi connectivity index (χ1n) is 10.7. The number of nitrogen functional groups attached to an aromatic ring is 1. The summed E-state index contributed by atoms with van der Waals surface area (Å²) in [6.07, 6.45) is 3.96. The second-order valence-electron chi connectivity index (χ2n) is 8.25. The number of rotatable bonds is 4. The maximum atomic E-state index is 14.6. The average Bonchev–Trinajstić information content (AvgIpc) is 3.45. The number of piperidine rings is 1. The average molecular weight is 468 g/mol. The summed E-state index contributed by atoms with van der Waals surface area (Å²) in [5.41, 5.74) is 8.96. The number of thiophene rings is 1. The Morgan fingerprint density at radius 1 is 1.12 bits per heavy atom. The summed E-state index contributed by atoms with van der Waals surface area (Å²) in [6.45, 7) is 5.70. The number of benzene rings is 1. The molecule has 0 unspecified atom stereocenters. The number of nitrogens with zero attached hydrogens (tertiary/aromatic N) is 5. The molecule has 10 heteroatoms. The van der Waals surface area contributed by atoms with E-state index in [0.29, 0.717) is 11.5 Å². The Kier molecular flexibility index (Phi) is 5.63. The third-order valence-corrected chi connectivity index (χ3v) is 7.25. The number of nitrogens with one attached hydrogen (secondary N) is 1. The Balaban J connectivity index is 1.56. The van der Waals surface area contributed by atoms with E-state index in [9.17, 15) is 8.78 Å². The van der Waals surface area contributed by atoms with Gasteiger partial charge in [-0.3, -0.25) is 0 Å². The first-order valence-corrected chi connectivity index (χ1v) is 11.6. The number of pyridine rings is 1.